The molecule has 1 nitrogen and oxygen atoms in total. The third-order valence-corrected chi connectivity index (χ3v) is 3.05. The van der Waals surface area contributed by atoms with E-state index in [2.05, 4.69) is 47.5 Å². The highest BCUT2D eigenvalue weighted by Crippen LogP contribution is 2.23. The Labute approximate surface area is 95.5 Å². The predicted molar refractivity (Wildman–Crippen MR) is 67.5 cm³/mol. The molecule has 1 heterocycles. The summed E-state index contributed by atoms with van der Waals surface area (Å²) in [6.45, 7) is 0. The monoisotopic (exact) mass is 207 g/mol. The van der Waals surface area contributed by atoms with E-state index in [4.69, 9.17) is 0 Å². The van der Waals surface area contributed by atoms with Crippen LogP contribution in [0.5, 0.6) is 0 Å². The maximum Gasteiger partial charge on any atom is 0.0661 e. The molecule has 3 rings (SSSR count). The summed E-state index contributed by atoms with van der Waals surface area (Å²) in [5, 5.41) is 0. The Morgan fingerprint density at radius 2 is 1.44 bits per heavy atom. The molecule has 0 bridgehead atoms. The van der Waals surface area contributed by atoms with E-state index in [1.54, 1.807) is 0 Å². The Bertz CT molecular complexity index is 491. The molecule has 0 saturated carbocycles. The number of aryl methyl sites for hydroxylation is 2. The number of fused-ring (bicyclic) bond motifs is 2. The predicted octanol–water partition coefficient (Wildman–Crippen LogP) is 3.54. The largest absolute Gasteiger partial charge is 0.256 e. The second-order valence-electron chi connectivity index (χ2n) is 4.09. The summed E-state index contributed by atoms with van der Waals surface area (Å²) in [4.78, 5) is 4.56. The van der Waals surface area contributed by atoms with Crippen molar-refractivity contribution in [2.45, 2.75) is 12.8 Å². The average Bonchev–Trinajstić information content (AvgIpc) is 2.32. The van der Waals surface area contributed by atoms with Crippen molar-refractivity contribution in [1.82, 2.24) is 0 Å². The smallest absolute Gasteiger partial charge is 0.0661 e. The highest BCUT2D eigenvalue weighted by Gasteiger charge is 2.06. The molecule has 0 unspecified atom stereocenters. The van der Waals surface area contributed by atoms with Crippen molar-refractivity contribution >= 4 is 11.9 Å². The van der Waals surface area contributed by atoms with E-state index in [0.717, 1.165) is 18.5 Å². The quantitative estimate of drug-likeness (QED) is 0.626. The van der Waals surface area contributed by atoms with E-state index >= 15 is 0 Å². The molecule has 0 aliphatic carbocycles. The Hall–Kier alpha value is -1.89. The maximum absolute atomic E-state index is 4.56. The zero-order valence-corrected chi connectivity index (χ0v) is 9.06. The van der Waals surface area contributed by atoms with Gasteiger partial charge in [-0.15, -0.1) is 0 Å². The van der Waals surface area contributed by atoms with Crippen LogP contribution in [0.2, 0.25) is 0 Å². The molecule has 16 heavy (non-hydrogen) atoms. The van der Waals surface area contributed by atoms with Gasteiger partial charge in [-0.2, -0.15) is 0 Å². The zero-order chi connectivity index (χ0) is 10.8. The van der Waals surface area contributed by atoms with Gasteiger partial charge >= 0.3 is 0 Å². The van der Waals surface area contributed by atoms with E-state index in [0.29, 0.717) is 0 Å². The van der Waals surface area contributed by atoms with Crippen molar-refractivity contribution in [3.05, 3.63) is 65.2 Å². The fraction of sp³-hybridized carbons (Fsp3) is 0.133. The lowest BCUT2D eigenvalue weighted by Gasteiger charge is -2.11. The Morgan fingerprint density at radius 3 is 2.38 bits per heavy atom. The molecule has 0 saturated heterocycles. The minimum atomic E-state index is 1.07. The molecule has 2 aromatic carbocycles. The van der Waals surface area contributed by atoms with Crippen LogP contribution in [0.4, 0.5) is 5.69 Å². The first-order valence-electron chi connectivity index (χ1n) is 5.63. The summed E-state index contributed by atoms with van der Waals surface area (Å²) in [6.07, 6.45) is 4.15. The number of benzene rings is 2. The van der Waals surface area contributed by atoms with E-state index in [9.17, 15) is 0 Å². The minimum absolute atomic E-state index is 1.07. The van der Waals surface area contributed by atoms with E-state index in [-0.39, 0.29) is 0 Å². The first-order chi connectivity index (χ1) is 7.93. The SMILES string of the molecule is C1=Nc2ccccc2CCc2ccccc21. The lowest BCUT2D eigenvalue weighted by molar-refractivity contribution is 0.953. The summed E-state index contributed by atoms with van der Waals surface area (Å²) in [6, 6.07) is 16.9. The van der Waals surface area contributed by atoms with Crippen molar-refractivity contribution in [3.8, 4) is 0 Å². The number of para-hydroxylation sites is 1. The van der Waals surface area contributed by atoms with Crippen molar-refractivity contribution < 1.29 is 0 Å². The molecule has 0 amide bonds. The van der Waals surface area contributed by atoms with Gasteiger partial charge in [-0.25, -0.2) is 0 Å². The second-order valence-corrected chi connectivity index (χ2v) is 4.09. The molecule has 0 spiro atoms. The fourth-order valence-electron chi connectivity index (χ4n) is 2.14. The van der Waals surface area contributed by atoms with Gasteiger partial charge in [0.2, 0.25) is 0 Å². The van der Waals surface area contributed by atoms with Crippen molar-refractivity contribution in [3.63, 3.8) is 0 Å². The van der Waals surface area contributed by atoms with Gasteiger partial charge in [0.05, 0.1) is 5.69 Å². The number of nitrogens with zero attached hydrogens (tertiary/aromatic N) is 1. The highest BCUT2D eigenvalue weighted by molar-refractivity contribution is 5.84. The highest BCUT2D eigenvalue weighted by atomic mass is 14.7. The lowest BCUT2D eigenvalue weighted by Crippen LogP contribution is -1.99. The van der Waals surface area contributed by atoms with Crippen molar-refractivity contribution in [2.75, 3.05) is 0 Å². The van der Waals surface area contributed by atoms with Gasteiger partial charge in [0.15, 0.2) is 0 Å². The molecule has 0 fully saturated rings. The summed E-state index contributed by atoms with van der Waals surface area (Å²) in [5.74, 6) is 0. The second kappa shape index (κ2) is 3.93. The summed E-state index contributed by atoms with van der Waals surface area (Å²) in [5.41, 5.74) is 5.09. The summed E-state index contributed by atoms with van der Waals surface area (Å²) in [7, 11) is 0. The van der Waals surface area contributed by atoms with E-state index in [1.807, 2.05) is 12.3 Å². The molecule has 1 aliphatic heterocycles. The van der Waals surface area contributed by atoms with Gasteiger partial charge in [0.1, 0.15) is 0 Å². The normalized spacial score (nSPS) is 13.5. The number of hydrogen-bond acceptors (Lipinski definition) is 1. The maximum atomic E-state index is 4.56. The molecule has 1 aliphatic rings. The van der Waals surface area contributed by atoms with Crippen LogP contribution in [0.1, 0.15) is 16.7 Å². The molecular weight excluding hydrogens is 194 g/mol. The molecule has 0 N–H and O–H groups in total. The molecular formula is C15H13N. The molecule has 0 radical (unpaired) electrons. The summed E-state index contributed by atoms with van der Waals surface area (Å²) < 4.78 is 0. The number of aliphatic imine (C=N–C) groups is 1. The topological polar surface area (TPSA) is 12.4 Å². The third kappa shape index (κ3) is 1.65. The molecule has 0 atom stereocenters. The first-order valence-corrected chi connectivity index (χ1v) is 5.63. The van der Waals surface area contributed by atoms with Gasteiger partial charge in [-0.05, 0) is 35.6 Å². The average molecular weight is 207 g/mol. The zero-order valence-electron chi connectivity index (χ0n) is 9.06. The van der Waals surface area contributed by atoms with Gasteiger partial charge in [-0.1, -0.05) is 42.5 Å². The minimum Gasteiger partial charge on any atom is -0.256 e. The number of hydrogen-bond donors (Lipinski definition) is 0. The van der Waals surface area contributed by atoms with Crippen LogP contribution in [0.3, 0.4) is 0 Å². The molecule has 1 heteroatoms. The van der Waals surface area contributed by atoms with Crippen molar-refractivity contribution in [1.29, 1.82) is 0 Å². The van der Waals surface area contributed by atoms with Crippen molar-refractivity contribution in [2.24, 2.45) is 4.99 Å². The van der Waals surface area contributed by atoms with Crippen LogP contribution >= 0.6 is 0 Å². The Morgan fingerprint density at radius 1 is 0.750 bits per heavy atom. The molecule has 0 aromatic heterocycles. The lowest BCUT2D eigenvalue weighted by atomic mass is 9.98. The van der Waals surface area contributed by atoms with E-state index in [1.165, 1.54) is 16.7 Å². The van der Waals surface area contributed by atoms with Crippen LogP contribution in [-0.2, 0) is 12.8 Å². The Kier molecular flexibility index (Phi) is 2.30. The van der Waals surface area contributed by atoms with E-state index < -0.39 is 0 Å². The standard InChI is InChI=1S/C15H13N/c1-2-7-14-11-16-15-8-4-3-6-13(15)10-9-12(14)5-1/h1-8,11H,9-10H2. The Balaban J connectivity index is 2.10. The van der Waals surface area contributed by atoms with Crippen LogP contribution in [-0.4, -0.2) is 6.21 Å². The fourth-order valence-corrected chi connectivity index (χ4v) is 2.14. The molecule has 78 valence electrons. The van der Waals surface area contributed by atoms with Crippen LogP contribution in [0, 0.1) is 0 Å². The van der Waals surface area contributed by atoms with Gasteiger partial charge in [0.25, 0.3) is 0 Å². The summed E-state index contributed by atoms with van der Waals surface area (Å²) >= 11 is 0. The first kappa shape index (κ1) is 9.34. The number of rotatable bonds is 0. The molecule has 2 aromatic rings. The van der Waals surface area contributed by atoms with Crippen LogP contribution in [0.15, 0.2) is 53.5 Å². The van der Waals surface area contributed by atoms with Gasteiger partial charge in [0, 0.05) is 6.21 Å². The van der Waals surface area contributed by atoms with Crippen LogP contribution < -0.4 is 0 Å². The van der Waals surface area contributed by atoms with Gasteiger partial charge < -0.3 is 0 Å². The third-order valence-electron chi connectivity index (χ3n) is 3.05. The van der Waals surface area contributed by atoms with Gasteiger partial charge in [-0.3, -0.25) is 4.99 Å². The van der Waals surface area contributed by atoms with Crippen LogP contribution in [0.25, 0.3) is 0 Å².